The van der Waals surface area contributed by atoms with E-state index in [1.165, 1.54) is 15.8 Å². The largest absolute Gasteiger partial charge is 0.314 e. The summed E-state index contributed by atoms with van der Waals surface area (Å²) in [7, 11) is 1.20. The van der Waals surface area contributed by atoms with E-state index < -0.39 is 0 Å². The first-order valence-electron chi connectivity index (χ1n) is 4.75. The van der Waals surface area contributed by atoms with E-state index in [1.807, 2.05) is 0 Å². The Morgan fingerprint density at radius 3 is 2.33 bits per heavy atom. The smallest absolute Gasteiger partial charge is 0.0150 e. The molecule has 1 N–H and O–H groups in total. The second-order valence-corrected chi connectivity index (χ2v) is 7.21. The Morgan fingerprint density at radius 1 is 1.50 bits per heavy atom. The van der Waals surface area contributed by atoms with Gasteiger partial charge in [0.05, 0.1) is 0 Å². The maximum atomic E-state index is 4.12. The van der Waals surface area contributed by atoms with Gasteiger partial charge in [0.15, 0.2) is 0 Å². The highest BCUT2D eigenvalue weighted by molar-refractivity contribution is 6.16. The lowest BCUT2D eigenvalue weighted by atomic mass is 10.0. The second-order valence-electron chi connectivity index (χ2n) is 4.71. The molecule has 0 rings (SSSR count). The molecule has 0 bridgehead atoms. The van der Waals surface area contributed by atoms with Crippen LogP contribution in [0, 0.1) is 0 Å². The lowest BCUT2D eigenvalue weighted by molar-refractivity contribution is 0.576. The van der Waals surface area contributed by atoms with E-state index in [9.17, 15) is 0 Å². The topological polar surface area (TPSA) is 12.0 Å². The second kappa shape index (κ2) is 4.82. The molecule has 72 valence electrons. The van der Waals surface area contributed by atoms with Crippen LogP contribution in [0.2, 0.25) is 5.04 Å². The van der Waals surface area contributed by atoms with Gasteiger partial charge in [-0.05, 0) is 18.0 Å². The molecular formula is C10H23NSi. The third-order valence-electron chi connectivity index (χ3n) is 2.04. The molecule has 0 unspecified atom stereocenters. The molecule has 0 aliphatic heterocycles. The molecule has 0 aliphatic rings. The van der Waals surface area contributed by atoms with Crippen molar-refractivity contribution in [3.63, 3.8) is 0 Å². The number of rotatable bonds is 5. The Balaban J connectivity index is 3.59. The van der Waals surface area contributed by atoms with Crippen molar-refractivity contribution in [1.29, 1.82) is 0 Å². The van der Waals surface area contributed by atoms with Crippen molar-refractivity contribution >= 4 is 10.2 Å². The molecule has 0 amide bonds. The van der Waals surface area contributed by atoms with Gasteiger partial charge in [0.2, 0.25) is 0 Å². The predicted molar refractivity (Wildman–Crippen MR) is 60.9 cm³/mol. The van der Waals surface area contributed by atoms with E-state index in [0.29, 0.717) is 11.1 Å². The molecule has 0 aromatic rings. The third kappa shape index (κ3) is 5.55. The van der Waals surface area contributed by atoms with E-state index in [2.05, 4.69) is 39.6 Å². The van der Waals surface area contributed by atoms with Gasteiger partial charge in [-0.3, -0.25) is 0 Å². The summed E-state index contributed by atoms with van der Waals surface area (Å²) in [6, 6.07) is 0.593. The fraction of sp³-hybridized carbons (Fsp3) is 0.800. The molecule has 0 aliphatic carbocycles. The summed E-state index contributed by atoms with van der Waals surface area (Å²) in [6.07, 6.45) is 1.12. The first kappa shape index (κ1) is 11.9. The van der Waals surface area contributed by atoms with E-state index in [1.54, 1.807) is 0 Å². The van der Waals surface area contributed by atoms with E-state index in [0.717, 1.165) is 13.0 Å². The zero-order valence-corrected chi connectivity index (χ0v) is 11.2. The SMILES string of the molecule is C=C(CCNC(C)C)C(C)(C)[SiH3]. The molecule has 0 heterocycles. The van der Waals surface area contributed by atoms with Crippen LogP contribution >= 0.6 is 0 Å². The first-order valence-corrected chi connectivity index (χ1v) is 5.75. The molecule has 0 aromatic heterocycles. The van der Waals surface area contributed by atoms with Crippen molar-refractivity contribution < 1.29 is 0 Å². The highest BCUT2D eigenvalue weighted by atomic mass is 28.1. The highest BCUT2D eigenvalue weighted by Crippen LogP contribution is 2.29. The summed E-state index contributed by atoms with van der Waals surface area (Å²) in [5, 5.41) is 3.80. The van der Waals surface area contributed by atoms with Crippen LogP contribution in [0.15, 0.2) is 12.2 Å². The summed E-state index contributed by atoms with van der Waals surface area (Å²) < 4.78 is 0. The minimum absolute atomic E-state index is 0.401. The Morgan fingerprint density at radius 2 is 2.00 bits per heavy atom. The van der Waals surface area contributed by atoms with Crippen LogP contribution in [0.1, 0.15) is 34.1 Å². The van der Waals surface area contributed by atoms with Crippen LogP contribution in [-0.4, -0.2) is 22.8 Å². The van der Waals surface area contributed by atoms with Crippen molar-refractivity contribution in [3.05, 3.63) is 12.2 Å². The van der Waals surface area contributed by atoms with Gasteiger partial charge in [0.1, 0.15) is 0 Å². The minimum Gasteiger partial charge on any atom is -0.314 e. The maximum absolute atomic E-state index is 4.12. The van der Waals surface area contributed by atoms with Crippen molar-refractivity contribution in [2.75, 3.05) is 6.54 Å². The normalized spacial score (nSPS) is 12.4. The van der Waals surface area contributed by atoms with Gasteiger partial charge in [-0.15, -0.1) is 0 Å². The summed E-state index contributed by atoms with van der Waals surface area (Å²) >= 11 is 0. The van der Waals surface area contributed by atoms with E-state index in [-0.39, 0.29) is 0 Å². The van der Waals surface area contributed by atoms with Crippen molar-refractivity contribution in [2.45, 2.75) is 45.2 Å². The molecule has 0 saturated heterocycles. The molecule has 0 fully saturated rings. The first-order chi connectivity index (χ1) is 5.34. The summed E-state index contributed by atoms with van der Waals surface area (Å²) in [4.78, 5) is 0. The van der Waals surface area contributed by atoms with Gasteiger partial charge in [0, 0.05) is 16.3 Å². The molecule has 2 heteroatoms. The zero-order valence-electron chi connectivity index (χ0n) is 9.20. The van der Waals surface area contributed by atoms with Crippen molar-refractivity contribution in [3.8, 4) is 0 Å². The zero-order chi connectivity index (χ0) is 9.78. The molecular weight excluding hydrogens is 162 g/mol. The fourth-order valence-electron chi connectivity index (χ4n) is 0.887. The van der Waals surface area contributed by atoms with Gasteiger partial charge in [-0.2, -0.15) is 0 Å². The third-order valence-corrected chi connectivity index (χ3v) is 2.75. The lowest BCUT2D eigenvalue weighted by Gasteiger charge is -2.22. The van der Waals surface area contributed by atoms with Gasteiger partial charge in [-0.1, -0.05) is 39.8 Å². The van der Waals surface area contributed by atoms with Crippen LogP contribution in [0.25, 0.3) is 0 Å². The van der Waals surface area contributed by atoms with Gasteiger partial charge >= 0.3 is 0 Å². The van der Waals surface area contributed by atoms with Crippen LogP contribution < -0.4 is 5.32 Å². The van der Waals surface area contributed by atoms with E-state index in [4.69, 9.17) is 0 Å². The molecule has 0 atom stereocenters. The van der Waals surface area contributed by atoms with Gasteiger partial charge in [0.25, 0.3) is 0 Å². The van der Waals surface area contributed by atoms with Crippen LogP contribution in [0.3, 0.4) is 0 Å². The number of nitrogens with one attached hydrogen (secondary N) is 1. The lowest BCUT2D eigenvalue weighted by Crippen LogP contribution is -2.24. The van der Waals surface area contributed by atoms with Crippen molar-refractivity contribution in [1.82, 2.24) is 5.32 Å². The summed E-state index contributed by atoms with van der Waals surface area (Å²) in [5.74, 6) is 0. The predicted octanol–water partition coefficient (Wildman–Crippen LogP) is 1.49. The number of hydrogen-bond acceptors (Lipinski definition) is 1. The van der Waals surface area contributed by atoms with Gasteiger partial charge < -0.3 is 5.32 Å². The monoisotopic (exact) mass is 185 g/mol. The van der Waals surface area contributed by atoms with Crippen LogP contribution in [0.4, 0.5) is 0 Å². The minimum atomic E-state index is 0.401. The molecule has 0 aromatic carbocycles. The highest BCUT2D eigenvalue weighted by Gasteiger charge is 2.13. The summed E-state index contributed by atoms with van der Waals surface area (Å²) in [6.45, 7) is 14.1. The van der Waals surface area contributed by atoms with Gasteiger partial charge in [-0.25, -0.2) is 0 Å². The Hall–Kier alpha value is -0.0831. The summed E-state index contributed by atoms with van der Waals surface area (Å²) in [5.41, 5.74) is 1.39. The standard InChI is InChI=1S/C10H23NSi/c1-8(2)11-7-6-9(3)10(4,5)12/h8,11H,3,6-7H2,1-2,4-5,12H3. The Labute approximate surface area is 80.1 Å². The average Bonchev–Trinajstić information content (AvgIpc) is 1.84. The van der Waals surface area contributed by atoms with Crippen LogP contribution in [0.5, 0.6) is 0 Å². The molecule has 0 spiro atoms. The quantitative estimate of drug-likeness (QED) is 0.505. The number of hydrogen-bond donors (Lipinski definition) is 1. The fourth-order valence-corrected chi connectivity index (χ4v) is 1.14. The van der Waals surface area contributed by atoms with Crippen LogP contribution in [-0.2, 0) is 0 Å². The Kier molecular flexibility index (Phi) is 4.79. The molecule has 12 heavy (non-hydrogen) atoms. The molecule has 0 radical (unpaired) electrons. The Bertz CT molecular complexity index is 144. The molecule has 1 nitrogen and oxygen atoms in total. The molecule has 0 saturated carbocycles. The van der Waals surface area contributed by atoms with E-state index >= 15 is 0 Å². The maximum Gasteiger partial charge on any atom is 0.0150 e. The van der Waals surface area contributed by atoms with Crippen molar-refractivity contribution in [2.24, 2.45) is 0 Å². The average molecular weight is 185 g/mol.